The van der Waals surface area contributed by atoms with Gasteiger partial charge in [-0.25, -0.2) is 0 Å². The van der Waals surface area contributed by atoms with Crippen LogP contribution in [0.2, 0.25) is 0 Å². The van der Waals surface area contributed by atoms with Gasteiger partial charge in [0.2, 0.25) is 5.91 Å². The number of nitrogens with zero attached hydrogens (tertiary/aromatic N) is 3. The van der Waals surface area contributed by atoms with Gasteiger partial charge in [0.1, 0.15) is 0 Å². The Kier molecular flexibility index (Phi) is 2.40. The Hall–Kier alpha value is -1.75. The summed E-state index contributed by atoms with van der Waals surface area (Å²) >= 11 is 0. The average Bonchev–Trinajstić information content (AvgIpc) is 2.51. The van der Waals surface area contributed by atoms with Crippen molar-refractivity contribution in [1.29, 1.82) is 0 Å². The zero-order chi connectivity index (χ0) is 11.8. The number of carbonyl (C=O) groups excluding carboxylic acids is 1. The number of allylic oxidation sites excluding steroid dienone is 1. The lowest BCUT2D eigenvalue weighted by Gasteiger charge is -2.42. The second kappa shape index (κ2) is 3.92. The third-order valence-electron chi connectivity index (χ3n) is 3.32. The van der Waals surface area contributed by atoms with Gasteiger partial charge in [-0.15, -0.1) is 0 Å². The molecular formula is C12H16N4O. The van der Waals surface area contributed by atoms with Crippen molar-refractivity contribution >= 4 is 5.91 Å². The van der Waals surface area contributed by atoms with Gasteiger partial charge < -0.3 is 10.6 Å². The van der Waals surface area contributed by atoms with Crippen LogP contribution >= 0.6 is 0 Å². The number of nitrogens with two attached hydrogens (primary N) is 1. The largest absolute Gasteiger partial charge is 0.366 e. The Balaban J connectivity index is 1.95. The van der Waals surface area contributed by atoms with Crippen molar-refractivity contribution in [2.45, 2.75) is 12.8 Å². The van der Waals surface area contributed by atoms with Crippen LogP contribution in [0.15, 0.2) is 35.8 Å². The van der Waals surface area contributed by atoms with E-state index in [1.807, 2.05) is 12.3 Å². The molecule has 0 aliphatic carbocycles. The Morgan fingerprint density at radius 2 is 2.12 bits per heavy atom. The van der Waals surface area contributed by atoms with E-state index in [0.717, 1.165) is 25.5 Å². The second-order valence-electron chi connectivity index (χ2n) is 4.57. The minimum atomic E-state index is -0.375. The van der Waals surface area contributed by atoms with Crippen LogP contribution in [-0.2, 0) is 4.79 Å². The van der Waals surface area contributed by atoms with Crippen LogP contribution in [0.25, 0.3) is 0 Å². The van der Waals surface area contributed by atoms with Crippen molar-refractivity contribution in [3.63, 3.8) is 0 Å². The first-order valence-corrected chi connectivity index (χ1v) is 5.94. The molecule has 3 heterocycles. The molecule has 1 fully saturated rings. The fourth-order valence-corrected chi connectivity index (χ4v) is 2.45. The summed E-state index contributed by atoms with van der Waals surface area (Å²) in [7, 11) is 0. The van der Waals surface area contributed by atoms with Crippen molar-refractivity contribution in [1.82, 2.24) is 14.9 Å². The number of hydrogen-bond donors (Lipinski definition) is 1. The summed E-state index contributed by atoms with van der Waals surface area (Å²) in [4.78, 5) is 13.5. The minimum Gasteiger partial charge on any atom is -0.366 e. The molecular weight excluding hydrogens is 216 g/mol. The molecule has 0 aromatic carbocycles. The van der Waals surface area contributed by atoms with Gasteiger partial charge in [-0.2, -0.15) is 5.01 Å². The molecule has 0 radical (unpaired) electrons. The molecule has 0 saturated carbocycles. The average molecular weight is 232 g/mol. The molecule has 0 spiro atoms. The fourth-order valence-electron chi connectivity index (χ4n) is 2.45. The molecule has 0 aromatic heterocycles. The van der Waals surface area contributed by atoms with Crippen molar-refractivity contribution < 1.29 is 4.79 Å². The van der Waals surface area contributed by atoms with E-state index in [4.69, 9.17) is 5.73 Å². The molecule has 1 amide bonds. The summed E-state index contributed by atoms with van der Waals surface area (Å²) in [5.41, 5.74) is 6.89. The predicted octanol–water partition coefficient (Wildman–Crippen LogP) is 0.353. The first-order chi connectivity index (χ1) is 8.24. The van der Waals surface area contributed by atoms with E-state index in [1.54, 1.807) is 6.08 Å². The molecule has 17 heavy (non-hydrogen) atoms. The monoisotopic (exact) mass is 232 g/mol. The highest BCUT2D eigenvalue weighted by Crippen LogP contribution is 2.26. The lowest BCUT2D eigenvalue weighted by Crippen LogP contribution is -2.47. The first-order valence-electron chi connectivity index (χ1n) is 5.94. The predicted molar refractivity (Wildman–Crippen MR) is 63.9 cm³/mol. The van der Waals surface area contributed by atoms with E-state index < -0.39 is 0 Å². The maximum Gasteiger partial charge on any atom is 0.248 e. The second-order valence-corrected chi connectivity index (χ2v) is 4.57. The van der Waals surface area contributed by atoms with Crippen LogP contribution in [0, 0.1) is 0 Å². The summed E-state index contributed by atoms with van der Waals surface area (Å²) in [6.45, 7) is 3.06. The number of primary amides is 1. The molecule has 3 rings (SSSR count). The molecule has 1 saturated heterocycles. The molecule has 5 nitrogen and oxygen atoms in total. The summed E-state index contributed by atoms with van der Waals surface area (Å²) in [5.74, 6) is -0.375. The van der Waals surface area contributed by atoms with Gasteiger partial charge in [-0.3, -0.25) is 9.80 Å². The van der Waals surface area contributed by atoms with Crippen molar-refractivity contribution in [3.8, 4) is 0 Å². The zero-order valence-electron chi connectivity index (χ0n) is 9.67. The summed E-state index contributed by atoms with van der Waals surface area (Å²) in [6.07, 6.45) is 10.1. The van der Waals surface area contributed by atoms with E-state index in [1.165, 1.54) is 12.8 Å². The summed E-state index contributed by atoms with van der Waals surface area (Å²) in [5, 5.41) is 4.39. The van der Waals surface area contributed by atoms with Crippen LogP contribution in [-0.4, -0.2) is 40.6 Å². The number of hydrogen-bond acceptors (Lipinski definition) is 4. The van der Waals surface area contributed by atoms with Crippen molar-refractivity contribution in [2.75, 3.05) is 19.8 Å². The van der Waals surface area contributed by atoms with Gasteiger partial charge in [-0.1, -0.05) is 0 Å². The van der Waals surface area contributed by atoms with E-state index in [-0.39, 0.29) is 5.91 Å². The van der Waals surface area contributed by atoms with E-state index >= 15 is 0 Å². The number of carbonyl (C=O) groups is 1. The van der Waals surface area contributed by atoms with Crippen molar-refractivity contribution in [3.05, 3.63) is 35.8 Å². The topological polar surface area (TPSA) is 52.8 Å². The Bertz CT molecular complexity index is 438. The Morgan fingerprint density at radius 3 is 2.94 bits per heavy atom. The van der Waals surface area contributed by atoms with Gasteiger partial charge in [0.15, 0.2) is 0 Å². The van der Waals surface area contributed by atoms with E-state index in [2.05, 4.69) is 21.1 Å². The third kappa shape index (κ3) is 1.82. The van der Waals surface area contributed by atoms with E-state index in [9.17, 15) is 4.79 Å². The smallest absolute Gasteiger partial charge is 0.248 e. The quantitative estimate of drug-likeness (QED) is 0.709. The van der Waals surface area contributed by atoms with Crippen LogP contribution in [0.4, 0.5) is 0 Å². The molecule has 0 aromatic rings. The number of rotatable bonds is 1. The van der Waals surface area contributed by atoms with Crippen LogP contribution in [0.1, 0.15) is 12.8 Å². The zero-order valence-corrected chi connectivity index (χ0v) is 9.67. The first kappa shape index (κ1) is 10.4. The highest BCUT2D eigenvalue weighted by Gasteiger charge is 2.27. The molecule has 3 aliphatic rings. The molecule has 1 atom stereocenters. The molecule has 2 bridgehead atoms. The minimum absolute atomic E-state index is 0.375. The van der Waals surface area contributed by atoms with Gasteiger partial charge in [0.05, 0.1) is 12.4 Å². The summed E-state index contributed by atoms with van der Waals surface area (Å²) < 4.78 is 0. The number of fused-ring (bicyclic) bond motifs is 4. The van der Waals surface area contributed by atoms with Gasteiger partial charge in [0, 0.05) is 31.1 Å². The highest BCUT2D eigenvalue weighted by atomic mass is 16.1. The van der Waals surface area contributed by atoms with Crippen LogP contribution in [0.3, 0.4) is 0 Å². The number of hydrazine groups is 1. The lowest BCUT2D eigenvalue weighted by molar-refractivity contribution is -0.114. The lowest BCUT2D eigenvalue weighted by atomic mass is 10.1. The Morgan fingerprint density at radius 1 is 1.29 bits per heavy atom. The van der Waals surface area contributed by atoms with Gasteiger partial charge in [-0.05, 0) is 25.0 Å². The standard InChI is InChI=1S/C12H16N4O/c13-12(17)10-3-6-16-11(7-10)8-14-4-1-2-5-15(16)9-14/h3,6-8H,1-2,4-5,9H2,(H2,13,17). The van der Waals surface area contributed by atoms with Gasteiger partial charge >= 0.3 is 0 Å². The maximum absolute atomic E-state index is 11.2. The SMILES string of the molecule is NC(=O)C1=CC2=CN3CCCCN(C3)N2C=C1. The Labute approximate surface area is 100 Å². The fraction of sp³-hybridized carbons (Fsp3) is 0.417. The van der Waals surface area contributed by atoms with Crippen molar-refractivity contribution in [2.24, 2.45) is 5.73 Å². The van der Waals surface area contributed by atoms with Crippen LogP contribution in [0.5, 0.6) is 0 Å². The third-order valence-corrected chi connectivity index (χ3v) is 3.32. The van der Waals surface area contributed by atoms with Gasteiger partial charge in [0.25, 0.3) is 0 Å². The number of amides is 1. The molecule has 90 valence electrons. The molecule has 2 N–H and O–H groups in total. The maximum atomic E-state index is 11.2. The van der Waals surface area contributed by atoms with E-state index in [0.29, 0.717) is 5.57 Å². The molecule has 5 heteroatoms. The van der Waals surface area contributed by atoms with Crippen LogP contribution < -0.4 is 5.73 Å². The molecule has 3 aliphatic heterocycles. The highest BCUT2D eigenvalue weighted by molar-refractivity contribution is 5.95. The molecule has 1 unspecified atom stereocenters. The normalized spacial score (nSPS) is 26.9. The summed E-state index contributed by atoms with van der Waals surface area (Å²) in [6, 6.07) is 0.